The summed E-state index contributed by atoms with van der Waals surface area (Å²) in [5, 5.41) is 2.49. The molecule has 13 aromatic rings. The minimum Gasteiger partial charge on any atom is -0.310 e. The second-order valence-corrected chi connectivity index (χ2v) is 21.1. The van der Waals surface area contributed by atoms with Gasteiger partial charge in [0.25, 0.3) is 0 Å². The van der Waals surface area contributed by atoms with Crippen LogP contribution in [0.15, 0.2) is 322 Å². The molecule has 0 fully saturated rings. The summed E-state index contributed by atoms with van der Waals surface area (Å²) in [6.07, 6.45) is 0. The van der Waals surface area contributed by atoms with Crippen molar-refractivity contribution in [1.82, 2.24) is 0 Å². The van der Waals surface area contributed by atoms with Gasteiger partial charge in [-0.1, -0.05) is 267 Å². The maximum atomic E-state index is 2.47. The lowest BCUT2D eigenvalue weighted by atomic mass is 9.67. The maximum absolute atomic E-state index is 2.47. The van der Waals surface area contributed by atoms with E-state index in [0.717, 1.165) is 22.6 Å². The summed E-state index contributed by atoms with van der Waals surface area (Å²) in [6, 6.07) is 119. The molecule has 0 unspecified atom stereocenters. The number of hydrogen-bond donors (Lipinski definition) is 0. The molecule has 0 saturated heterocycles. The molecule has 0 heterocycles. The zero-order valence-electron chi connectivity index (χ0n) is 43.5. The molecule has 15 rings (SSSR count). The van der Waals surface area contributed by atoms with Crippen LogP contribution >= 0.6 is 0 Å². The molecule has 0 bridgehead atoms. The van der Waals surface area contributed by atoms with Gasteiger partial charge >= 0.3 is 0 Å². The van der Waals surface area contributed by atoms with E-state index in [1.165, 1.54) is 105 Å². The van der Waals surface area contributed by atoms with E-state index in [-0.39, 0.29) is 0 Å². The Kier molecular flexibility index (Phi) is 11.1. The van der Waals surface area contributed by atoms with Gasteiger partial charge in [-0.2, -0.15) is 0 Å². The number of hydrogen-bond acceptors (Lipinski definition) is 1. The van der Waals surface area contributed by atoms with Crippen molar-refractivity contribution < 1.29 is 0 Å². The fourth-order valence-electron chi connectivity index (χ4n) is 13.5. The largest absolute Gasteiger partial charge is 0.310 e. The summed E-state index contributed by atoms with van der Waals surface area (Å²) >= 11 is 0. The summed E-state index contributed by atoms with van der Waals surface area (Å²) in [7, 11) is 0. The number of fused-ring (bicyclic) bond motifs is 7. The van der Waals surface area contributed by atoms with E-state index in [4.69, 9.17) is 0 Å². The smallest absolute Gasteiger partial charge is 0.0714 e. The summed E-state index contributed by atoms with van der Waals surface area (Å²) < 4.78 is 0. The first-order valence-corrected chi connectivity index (χ1v) is 27.5. The predicted octanol–water partition coefficient (Wildman–Crippen LogP) is 20.0. The molecular formula is C78H53N. The van der Waals surface area contributed by atoms with Crippen LogP contribution in [0.4, 0.5) is 17.1 Å². The highest BCUT2D eigenvalue weighted by Crippen LogP contribution is 2.59. The van der Waals surface area contributed by atoms with Gasteiger partial charge in [-0.05, 0) is 166 Å². The predicted molar refractivity (Wildman–Crippen MR) is 330 cm³/mol. The minimum absolute atomic E-state index is 0.479. The molecular weight excluding hydrogens is 951 g/mol. The third-order valence-electron chi connectivity index (χ3n) is 17.0. The van der Waals surface area contributed by atoms with Gasteiger partial charge in [0.15, 0.2) is 0 Å². The van der Waals surface area contributed by atoms with Crippen LogP contribution in [0.5, 0.6) is 0 Å². The Morgan fingerprint density at radius 3 is 1.06 bits per heavy atom. The number of anilines is 3. The van der Waals surface area contributed by atoms with Crippen molar-refractivity contribution in [1.29, 1.82) is 0 Å². The highest BCUT2D eigenvalue weighted by Gasteiger charge is 2.47. The van der Waals surface area contributed by atoms with E-state index in [1.807, 2.05) is 0 Å². The molecule has 2 aliphatic carbocycles. The average Bonchev–Trinajstić information content (AvgIpc) is 4.02. The van der Waals surface area contributed by atoms with Gasteiger partial charge in [-0.3, -0.25) is 0 Å². The Labute approximate surface area is 462 Å². The molecule has 79 heavy (non-hydrogen) atoms. The molecule has 0 aromatic heterocycles. The van der Waals surface area contributed by atoms with E-state index < -0.39 is 10.8 Å². The van der Waals surface area contributed by atoms with Crippen LogP contribution < -0.4 is 4.90 Å². The van der Waals surface area contributed by atoms with E-state index in [1.54, 1.807) is 0 Å². The van der Waals surface area contributed by atoms with Crippen LogP contribution in [0, 0.1) is 0 Å². The standard InChI is InChI=1S/C78H53N/c1-5-24-62(25-6-1)77(63-26-7-2-8-27-63)73-34-17-15-32-69(73)71-48-42-61(52-75(71)77)56-40-45-67(46-41-56)79(66-43-38-55(39-44-66)58-22-19-23-59(50-58)60-37-36-54-20-13-14-21-57(54)51-60)68-47-49-72-70-33-16-18-35-74(70)78(76(72)53-68,64-28-9-3-10-29-64)65-30-11-4-12-31-65/h1-53H. The lowest BCUT2D eigenvalue weighted by molar-refractivity contribution is 0.768. The Morgan fingerprint density at radius 2 is 0.544 bits per heavy atom. The Hall–Kier alpha value is -10.1. The normalized spacial score (nSPS) is 13.3. The third-order valence-corrected chi connectivity index (χ3v) is 17.0. The van der Waals surface area contributed by atoms with Crippen molar-refractivity contribution in [3.63, 3.8) is 0 Å². The van der Waals surface area contributed by atoms with Gasteiger partial charge in [0.2, 0.25) is 0 Å². The summed E-state index contributed by atoms with van der Waals surface area (Å²) in [4.78, 5) is 2.44. The lowest BCUT2D eigenvalue weighted by Crippen LogP contribution is -2.28. The third kappa shape index (κ3) is 7.38. The van der Waals surface area contributed by atoms with Crippen molar-refractivity contribution in [2.75, 3.05) is 4.90 Å². The van der Waals surface area contributed by atoms with Crippen molar-refractivity contribution in [3.8, 4) is 55.6 Å². The Morgan fingerprint density at radius 1 is 0.190 bits per heavy atom. The van der Waals surface area contributed by atoms with E-state index in [9.17, 15) is 0 Å². The molecule has 0 aliphatic heterocycles. The van der Waals surface area contributed by atoms with Crippen molar-refractivity contribution in [2.45, 2.75) is 10.8 Å². The SMILES string of the molecule is c1ccc(C2(c3ccccc3)c3ccccc3-c3ccc(-c4ccc(N(c5ccc(-c6cccc(-c7ccc8ccccc8c7)c6)cc5)c5ccc6c(c5)C(c5ccccc5)(c5ccccc5)c5ccccc5-6)cc4)cc32)cc1. The minimum atomic E-state index is -0.540. The van der Waals surface area contributed by atoms with Crippen LogP contribution in [-0.4, -0.2) is 0 Å². The van der Waals surface area contributed by atoms with Gasteiger partial charge in [0.05, 0.1) is 10.8 Å². The van der Waals surface area contributed by atoms with E-state index in [0.29, 0.717) is 0 Å². The highest BCUT2D eigenvalue weighted by atomic mass is 15.1. The van der Waals surface area contributed by atoms with Crippen LogP contribution in [0.2, 0.25) is 0 Å². The summed E-state index contributed by atoms with van der Waals surface area (Å²) in [6.45, 7) is 0. The number of benzene rings is 13. The monoisotopic (exact) mass is 1000 g/mol. The van der Waals surface area contributed by atoms with E-state index in [2.05, 4.69) is 326 Å². The van der Waals surface area contributed by atoms with Gasteiger partial charge in [0.1, 0.15) is 0 Å². The van der Waals surface area contributed by atoms with Crippen LogP contribution in [0.25, 0.3) is 66.4 Å². The van der Waals surface area contributed by atoms with Gasteiger partial charge < -0.3 is 4.90 Å². The fraction of sp³-hybridized carbons (Fsp3) is 0.0256. The van der Waals surface area contributed by atoms with Gasteiger partial charge in [0, 0.05) is 17.1 Å². The molecule has 0 atom stereocenters. The van der Waals surface area contributed by atoms with E-state index >= 15 is 0 Å². The van der Waals surface area contributed by atoms with Crippen molar-refractivity contribution in [3.05, 3.63) is 366 Å². The lowest BCUT2D eigenvalue weighted by Gasteiger charge is -2.35. The second-order valence-electron chi connectivity index (χ2n) is 21.1. The molecule has 370 valence electrons. The molecule has 0 N–H and O–H groups in total. The summed E-state index contributed by atoms with van der Waals surface area (Å²) in [5.41, 5.74) is 24.6. The average molecular weight is 1000 g/mol. The number of rotatable bonds is 10. The molecule has 0 amide bonds. The molecule has 0 saturated carbocycles. The molecule has 13 aromatic carbocycles. The molecule has 0 spiro atoms. The van der Waals surface area contributed by atoms with Crippen LogP contribution in [-0.2, 0) is 10.8 Å². The van der Waals surface area contributed by atoms with Crippen molar-refractivity contribution in [2.24, 2.45) is 0 Å². The van der Waals surface area contributed by atoms with Gasteiger partial charge in [-0.15, -0.1) is 0 Å². The molecule has 1 nitrogen and oxygen atoms in total. The topological polar surface area (TPSA) is 3.24 Å². The maximum Gasteiger partial charge on any atom is 0.0714 e. The van der Waals surface area contributed by atoms with Crippen LogP contribution in [0.1, 0.15) is 44.5 Å². The first-order valence-electron chi connectivity index (χ1n) is 27.5. The molecule has 0 radical (unpaired) electrons. The first-order chi connectivity index (χ1) is 39.2. The van der Waals surface area contributed by atoms with Crippen molar-refractivity contribution >= 4 is 27.8 Å². The van der Waals surface area contributed by atoms with Crippen LogP contribution in [0.3, 0.4) is 0 Å². The quantitative estimate of drug-likeness (QED) is 0.132. The number of nitrogens with zero attached hydrogens (tertiary/aromatic N) is 1. The Balaban J connectivity index is 0.874. The fourth-order valence-corrected chi connectivity index (χ4v) is 13.5. The van der Waals surface area contributed by atoms with Gasteiger partial charge in [-0.25, -0.2) is 0 Å². The zero-order valence-corrected chi connectivity index (χ0v) is 43.5. The Bertz CT molecular complexity index is 4310. The molecule has 1 heteroatoms. The first kappa shape index (κ1) is 46.2. The zero-order chi connectivity index (χ0) is 52.3. The second kappa shape index (κ2) is 18.9. The summed E-state index contributed by atoms with van der Waals surface area (Å²) in [5.74, 6) is 0. The molecule has 2 aliphatic rings. The highest BCUT2D eigenvalue weighted by molar-refractivity contribution is 5.92.